The number of hydrogen-bond acceptors (Lipinski definition) is 5. The fourth-order valence-electron chi connectivity index (χ4n) is 5.30. The van der Waals surface area contributed by atoms with Gasteiger partial charge in [0.1, 0.15) is 17.1 Å². The van der Waals surface area contributed by atoms with E-state index in [9.17, 15) is 5.11 Å². The van der Waals surface area contributed by atoms with Crippen LogP contribution in [0.3, 0.4) is 0 Å². The molecule has 0 amide bonds. The van der Waals surface area contributed by atoms with Gasteiger partial charge in [0.05, 0.1) is 0 Å². The van der Waals surface area contributed by atoms with E-state index in [1.807, 2.05) is 18.3 Å². The van der Waals surface area contributed by atoms with Gasteiger partial charge in [-0.05, 0) is 69.1 Å². The maximum absolute atomic E-state index is 10.0. The van der Waals surface area contributed by atoms with Crippen molar-refractivity contribution < 1.29 is 5.11 Å². The molecule has 4 rings (SSSR count). The van der Waals surface area contributed by atoms with E-state index in [1.165, 1.54) is 29.8 Å². The van der Waals surface area contributed by atoms with Crippen molar-refractivity contribution in [3.8, 4) is 5.75 Å². The number of fused-ring (bicyclic) bond motifs is 1. The lowest BCUT2D eigenvalue weighted by atomic mass is 9.79. The van der Waals surface area contributed by atoms with Crippen molar-refractivity contribution in [2.24, 2.45) is 0 Å². The standard InChI is InChI=1S/C27H39N5O/c1-5-7-11-25-29-24-17-21(19-28-26(24)32(25)14-6-2)20-31-15-12-27(13-16-31,30(3)4)22-9-8-10-23(33)18-22/h8-10,17-19,33H,5-7,11-16,20H2,1-4H3. The van der Waals surface area contributed by atoms with Crippen LogP contribution in [0.2, 0.25) is 0 Å². The molecule has 3 heterocycles. The van der Waals surface area contributed by atoms with E-state index in [0.717, 1.165) is 63.0 Å². The average Bonchev–Trinajstić information content (AvgIpc) is 3.15. The van der Waals surface area contributed by atoms with Crippen LogP contribution in [-0.2, 0) is 25.0 Å². The van der Waals surface area contributed by atoms with Crippen molar-refractivity contribution in [2.45, 2.75) is 71.0 Å². The maximum atomic E-state index is 10.0. The van der Waals surface area contributed by atoms with E-state index in [1.54, 1.807) is 6.07 Å². The first kappa shape index (κ1) is 23.7. The predicted molar refractivity (Wildman–Crippen MR) is 134 cm³/mol. The SMILES string of the molecule is CCCCc1nc2cc(CN3CCC(c4cccc(O)c4)(N(C)C)CC3)cnc2n1CCC. The second-order valence-corrected chi connectivity index (χ2v) is 9.72. The largest absolute Gasteiger partial charge is 0.508 e. The lowest BCUT2D eigenvalue weighted by Gasteiger charge is -2.46. The number of aryl methyl sites for hydroxylation is 2. The van der Waals surface area contributed by atoms with Crippen molar-refractivity contribution in [3.63, 3.8) is 0 Å². The van der Waals surface area contributed by atoms with Crippen LogP contribution in [0.15, 0.2) is 36.5 Å². The number of rotatable bonds is 9. The van der Waals surface area contributed by atoms with Gasteiger partial charge in [0, 0.05) is 44.3 Å². The molecule has 0 radical (unpaired) electrons. The van der Waals surface area contributed by atoms with Gasteiger partial charge in [-0.15, -0.1) is 0 Å². The number of pyridine rings is 1. The summed E-state index contributed by atoms with van der Waals surface area (Å²) in [6, 6.07) is 10.0. The molecule has 1 fully saturated rings. The van der Waals surface area contributed by atoms with Gasteiger partial charge < -0.3 is 9.67 Å². The van der Waals surface area contributed by atoms with Gasteiger partial charge in [0.15, 0.2) is 5.65 Å². The Balaban J connectivity index is 1.49. The summed E-state index contributed by atoms with van der Waals surface area (Å²) >= 11 is 0. The van der Waals surface area contributed by atoms with Crippen LogP contribution in [0.5, 0.6) is 5.75 Å². The quantitative estimate of drug-likeness (QED) is 0.501. The molecule has 178 valence electrons. The van der Waals surface area contributed by atoms with Gasteiger partial charge in [0.25, 0.3) is 0 Å². The molecule has 0 aliphatic carbocycles. The van der Waals surface area contributed by atoms with Gasteiger partial charge in [-0.2, -0.15) is 0 Å². The summed E-state index contributed by atoms with van der Waals surface area (Å²) in [5, 5.41) is 10.0. The molecule has 1 saturated heterocycles. The molecule has 0 spiro atoms. The number of aromatic nitrogens is 3. The summed E-state index contributed by atoms with van der Waals surface area (Å²) in [6.45, 7) is 8.35. The van der Waals surface area contributed by atoms with Crippen molar-refractivity contribution in [1.29, 1.82) is 0 Å². The van der Waals surface area contributed by atoms with Crippen LogP contribution in [0, 0.1) is 0 Å². The van der Waals surface area contributed by atoms with Gasteiger partial charge in [-0.1, -0.05) is 32.4 Å². The number of aromatic hydroxyl groups is 1. The molecule has 1 N–H and O–H groups in total. The molecule has 0 unspecified atom stereocenters. The molecule has 3 aromatic rings. The molecule has 1 aromatic carbocycles. The first-order chi connectivity index (χ1) is 16.0. The highest BCUT2D eigenvalue weighted by molar-refractivity contribution is 5.72. The Hall–Kier alpha value is -2.44. The summed E-state index contributed by atoms with van der Waals surface area (Å²) in [5.41, 5.74) is 4.47. The summed E-state index contributed by atoms with van der Waals surface area (Å²) in [4.78, 5) is 14.7. The zero-order valence-electron chi connectivity index (χ0n) is 20.7. The van der Waals surface area contributed by atoms with Gasteiger partial charge >= 0.3 is 0 Å². The fraction of sp³-hybridized carbons (Fsp3) is 0.556. The Morgan fingerprint density at radius 2 is 1.88 bits per heavy atom. The minimum atomic E-state index is -0.0372. The Morgan fingerprint density at radius 3 is 2.55 bits per heavy atom. The highest BCUT2D eigenvalue weighted by Gasteiger charge is 2.38. The van der Waals surface area contributed by atoms with Crippen molar-refractivity contribution in [1.82, 2.24) is 24.3 Å². The zero-order chi connectivity index (χ0) is 23.4. The topological polar surface area (TPSA) is 57.4 Å². The highest BCUT2D eigenvalue weighted by Crippen LogP contribution is 2.38. The number of benzene rings is 1. The number of unbranched alkanes of at least 4 members (excludes halogenated alkanes) is 1. The van der Waals surface area contributed by atoms with Crippen molar-refractivity contribution >= 4 is 11.2 Å². The van der Waals surface area contributed by atoms with Crippen LogP contribution in [0.1, 0.15) is 62.9 Å². The Morgan fingerprint density at radius 1 is 1.09 bits per heavy atom. The zero-order valence-corrected chi connectivity index (χ0v) is 20.7. The lowest BCUT2D eigenvalue weighted by Crippen LogP contribution is -2.50. The van der Waals surface area contributed by atoms with E-state index in [4.69, 9.17) is 9.97 Å². The average molecular weight is 450 g/mol. The predicted octanol–water partition coefficient (Wildman–Crippen LogP) is 4.94. The highest BCUT2D eigenvalue weighted by atomic mass is 16.3. The number of phenols is 1. The number of hydrogen-bond donors (Lipinski definition) is 1. The Bertz CT molecular complexity index is 1070. The minimum absolute atomic E-state index is 0.0372. The molecule has 2 aromatic heterocycles. The van der Waals surface area contributed by atoms with Crippen LogP contribution in [0.25, 0.3) is 11.2 Å². The summed E-state index contributed by atoms with van der Waals surface area (Å²) < 4.78 is 2.32. The number of imidazole rings is 1. The fourth-order valence-corrected chi connectivity index (χ4v) is 5.30. The molecule has 1 aliphatic rings. The van der Waals surface area contributed by atoms with Gasteiger partial charge in [0.2, 0.25) is 0 Å². The number of nitrogens with zero attached hydrogens (tertiary/aromatic N) is 5. The normalized spacial score (nSPS) is 16.6. The third-order valence-corrected chi connectivity index (χ3v) is 7.25. The second-order valence-electron chi connectivity index (χ2n) is 9.72. The second kappa shape index (κ2) is 10.2. The molecule has 1 aliphatic heterocycles. The summed E-state index contributed by atoms with van der Waals surface area (Å²) in [6.07, 6.45) is 8.57. The van der Waals surface area contributed by atoms with Crippen LogP contribution >= 0.6 is 0 Å². The lowest BCUT2D eigenvalue weighted by molar-refractivity contribution is 0.0505. The molecular formula is C27H39N5O. The monoisotopic (exact) mass is 449 g/mol. The first-order valence-corrected chi connectivity index (χ1v) is 12.5. The number of likely N-dealkylation sites (tertiary alicyclic amines) is 1. The van der Waals surface area contributed by atoms with Crippen molar-refractivity contribution in [2.75, 3.05) is 27.2 Å². The van der Waals surface area contributed by atoms with Gasteiger partial charge in [-0.25, -0.2) is 9.97 Å². The van der Waals surface area contributed by atoms with Crippen LogP contribution in [0.4, 0.5) is 0 Å². The molecule has 0 atom stereocenters. The Kier molecular flexibility index (Phi) is 7.35. The van der Waals surface area contributed by atoms with E-state index in [2.05, 4.69) is 54.4 Å². The smallest absolute Gasteiger partial charge is 0.160 e. The van der Waals surface area contributed by atoms with E-state index in [-0.39, 0.29) is 5.54 Å². The molecule has 6 nitrogen and oxygen atoms in total. The van der Waals surface area contributed by atoms with E-state index >= 15 is 0 Å². The van der Waals surface area contributed by atoms with Crippen LogP contribution < -0.4 is 0 Å². The summed E-state index contributed by atoms with van der Waals surface area (Å²) in [7, 11) is 4.31. The number of phenolic OH excluding ortho intramolecular Hbond substituents is 1. The Labute approximate surface area is 198 Å². The van der Waals surface area contributed by atoms with E-state index < -0.39 is 0 Å². The third-order valence-electron chi connectivity index (χ3n) is 7.25. The molecule has 33 heavy (non-hydrogen) atoms. The maximum Gasteiger partial charge on any atom is 0.160 e. The summed E-state index contributed by atoms with van der Waals surface area (Å²) in [5.74, 6) is 1.52. The van der Waals surface area contributed by atoms with Crippen LogP contribution in [-0.4, -0.2) is 56.6 Å². The van der Waals surface area contributed by atoms with E-state index in [0.29, 0.717) is 5.75 Å². The number of piperidine rings is 1. The van der Waals surface area contributed by atoms with Gasteiger partial charge in [-0.3, -0.25) is 9.80 Å². The minimum Gasteiger partial charge on any atom is -0.508 e. The molecule has 0 bridgehead atoms. The first-order valence-electron chi connectivity index (χ1n) is 12.5. The third kappa shape index (κ3) is 4.92. The molecule has 0 saturated carbocycles. The molecule has 6 heteroatoms. The van der Waals surface area contributed by atoms with Crippen molar-refractivity contribution in [3.05, 3.63) is 53.5 Å². The molecular weight excluding hydrogens is 410 g/mol.